The molecule has 0 amide bonds. The van der Waals surface area contributed by atoms with Crippen LogP contribution < -0.4 is 0 Å². The Morgan fingerprint density at radius 3 is 2.85 bits per heavy atom. The molecule has 3 heterocycles. The highest BCUT2D eigenvalue weighted by atomic mass is 32.1. The number of hydrogen-bond donors (Lipinski definition) is 0. The van der Waals surface area contributed by atoms with Crippen LogP contribution in [0.5, 0.6) is 0 Å². The zero-order valence-electron chi connectivity index (χ0n) is 11.1. The minimum absolute atomic E-state index is 0.216. The minimum Gasteiger partial charge on any atom is -0.466 e. The number of hydrogen-bond acceptors (Lipinski definition) is 6. The van der Waals surface area contributed by atoms with Gasteiger partial charge in [0.2, 0.25) is 0 Å². The molecule has 104 valence electrons. The Hall–Kier alpha value is -1.73. The summed E-state index contributed by atoms with van der Waals surface area (Å²) in [6.07, 6.45) is 2.19. The fourth-order valence-electron chi connectivity index (χ4n) is 1.92. The fourth-order valence-corrected chi connectivity index (χ4v) is 3.40. The van der Waals surface area contributed by atoms with E-state index >= 15 is 0 Å². The zero-order valence-corrected chi connectivity index (χ0v) is 12.8. The Kier molecular flexibility index (Phi) is 3.54. The van der Waals surface area contributed by atoms with Gasteiger partial charge in [0.05, 0.1) is 18.0 Å². The third kappa shape index (κ3) is 2.46. The number of fused-ring (bicyclic) bond motifs is 1. The van der Waals surface area contributed by atoms with Gasteiger partial charge in [-0.25, -0.2) is 9.97 Å². The van der Waals surface area contributed by atoms with E-state index in [1.165, 1.54) is 11.3 Å². The number of aromatic nitrogens is 3. The lowest BCUT2D eigenvalue weighted by atomic mass is 10.3. The molecule has 0 aromatic carbocycles. The van der Waals surface area contributed by atoms with Crippen LogP contribution in [0.25, 0.3) is 16.3 Å². The molecule has 0 radical (unpaired) electrons. The Morgan fingerprint density at radius 1 is 1.30 bits per heavy atom. The third-order valence-corrected chi connectivity index (χ3v) is 4.46. The maximum absolute atomic E-state index is 11.6. The number of carbonyl (C=O) groups is 1. The molecular weight excluding hydrogens is 294 g/mol. The molecule has 0 unspecified atom stereocenters. The van der Waals surface area contributed by atoms with Crippen molar-refractivity contribution in [1.29, 1.82) is 0 Å². The quantitative estimate of drug-likeness (QED) is 0.695. The molecule has 5 nitrogen and oxygen atoms in total. The van der Waals surface area contributed by atoms with Crippen molar-refractivity contribution in [2.75, 3.05) is 6.61 Å². The van der Waals surface area contributed by atoms with Crippen molar-refractivity contribution >= 4 is 33.6 Å². The molecule has 3 rings (SSSR count). The number of imidazole rings is 1. The van der Waals surface area contributed by atoms with Crippen LogP contribution in [0.15, 0.2) is 17.0 Å². The molecule has 3 aromatic heterocycles. The lowest BCUT2D eigenvalue weighted by Gasteiger charge is -2.00. The molecule has 7 heteroatoms. The molecule has 0 fully saturated rings. The second-order valence-electron chi connectivity index (χ2n) is 4.24. The lowest BCUT2D eigenvalue weighted by molar-refractivity contribution is -0.142. The summed E-state index contributed by atoms with van der Waals surface area (Å²) >= 11 is 3.12. The first-order valence-electron chi connectivity index (χ1n) is 6.21. The maximum Gasteiger partial charge on any atom is 0.311 e. The highest BCUT2D eigenvalue weighted by Gasteiger charge is 2.14. The van der Waals surface area contributed by atoms with Gasteiger partial charge in [0.25, 0.3) is 0 Å². The number of carbonyl (C=O) groups excluding carboxylic acids is 1. The molecule has 0 spiro atoms. The summed E-state index contributed by atoms with van der Waals surface area (Å²) in [7, 11) is 0. The van der Waals surface area contributed by atoms with E-state index in [0.29, 0.717) is 6.61 Å². The molecule has 0 aliphatic heterocycles. The molecular formula is C13H13N3O2S2. The van der Waals surface area contributed by atoms with Crippen molar-refractivity contribution in [3.63, 3.8) is 0 Å². The average Bonchev–Trinajstić information content (AvgIpc) is 3.06. The summed E-state index contributed by atoms with van der Waals surface area (Å²) in [6, 6.07) is 0. The molecule has 0 aliphatic rings. The first kappa shape index (κ1) is 13.3. The van der Waals surface area contributed by atoms with Gasteiger partial charge < -0.3 is 4.74 Å². The number of thiazole rings is 2. The van der Waals surface area contributed by atoms with Crippen LogP contribution in [-0.4, -0.2) is 26.9 Å². The lowest BCUT2D eigenvalue weighted by Crippen LogP contribution is -2.08. The average molecular weight is 307 g/mol. The van der Waals surface area contributed by atoms with Gasteiger partial charge in [0.15, 0.2) is 4.96 Å². The normalized spacial score (nSPS) is 11.1. The van der Waals surface area contributed by atoms with Crippen LogP contribution in [0.1, 0.15) is 17.6 Å². The van der Waals surface area contributed by atoms with E-state index in [1.54, 1.807) is 18.3 Å². The van der Waals surface area contributed by atoms with E-state index in [0.717, 1.165) is 27.1 Å². The standard InChI is InChI=1S/C13H13N3O2S2/c1-3-18-12(17)4-9-6-20-13-15-10(5-16(9)13)11-7-19-8(2)14-11/h5-7H,3-4H2,1-2H3. The van der Waals surface area contributed by atoms with Crippen LogP contribution >= 0.6 is 22.7 Å². The molecule has 20 heavy (non-hydrogen) atoms. The van der Waals surface area contributed by atoms with E-state index in [4.69, 9.17) is 4.74 Å². The summed E-state index contributed by atoms with van der Waals surface area (Å²) in [5.41, 5.74) is 2.62. The maximum atomic E-state index is 11.6. The van der Waals surface area contributed by atoms with Gasteiger partial charge in [0, 0.05) is 22.7 Å². The SMILES string of the molecule is CCOC(=O)Cc1csc2nc(-c3csc(C)n3)cn12. The zero-order chi connectivity index (χ0) is 14.1. The van der Waals surface area contributed by atoms with E-state index in [9.17, 15) is 4.79 Å². The summed E-state index contributed by atoms with van der Waals surface area (Å²) in [4.78, 5) is 21.4. The van der Waals surface area contributed by atoms with Gasteiger partial charge in [-0.05, 0) is 13.8 Å². The van der Waals surface area contributed by atoms with Gasteiger partial charge >= 0.3 is 5.97 Å². The van der Waals surface area contributed by atoms with Crippen LogP contribution in [-0.2, 0) is 16.0 Å². The Morgan fingerprint density at radius 2 is 2.15 bits per heavy atom. The monoisotopic (exact) mass is 307 g/mol. The molecule has 0 aliphatic carbocycles. The first-order valence-corrected chi connectivity index (χ1v) is 7.97. The number of aryl methyl sites for hydroxylation is 1. The van der Waals surface area contributed by atoms with Gasteiger partial charge in [-0.15, -0.1) is 22.7 Å². The van der Waals surface area contributed by atoms with Crippen molar-refractivity contribution in [3.05, 3.63) is 27.7 Å². The van der Waals surface area contributed by atoms with Gasteiger partial charge in [-0.2, -0.15) is 0 Å². The van der Waals surface area contributed by atoms with Crippen molar-refractivity contribution in [3.8, 4) is 11.4 Å². The van der Waals surface area contributed by atoms with Crippen molar-refractivity contribution < 1.29 is 9.53 Å². The second kappa shape index (κ2) is 5.34. The van der Waals surface area contributed by atoms with Crippen molar-refractivity contribution in [2.45, 2.75) is 20.3 Å². The van der Waals surface area contributed by atoms with E-state index < -0.39 is 0 Å². The van der Waals surface area contributed by atoms with Gasteiger partial charge in [0.1, 0.15) is 11.4 Å². The molecule has 0 saturated carbocycles. The van der Waals surface area contributed by atoms with Crippen LogP contribution in [0, 0.1) is 6.92 Å². The van der Waals surface area contributed by atoms with Gasteiger partial charge in [-0.3, -0.25) is 9.20 Å². The van der Waals surface area contributed by atoms with E-state index in [2.05, 4.69) is 9.97 Å². The summed E-state index contributed by atoms with van der Waals surface area (Å²) in [6.45, 7) is 4.18. The number of nitrogens with zero attached hydrogens (tertiary/aromatic N) is 3. The van der Waals surface area contributed by atoms with Crippen LogP contribution in [0.2, 0.25) is 0 Å². The number of rotatable bonds is 4. The topological polar surface area (TPSA) is 56.5 Å². The molecule has 0 atom stereocenters. The Bertz CT molecular complexity index is 757. The molecule has 0 saturated heterocycles. The van der Waals surface area contributed by atoms with Crippen LogP contribution in [0.3, 0.4) is 0 Å². The molecule has 0 bridgehead atoms. The second-order valence-corrected chi connectivity index (χ2v) is 6.14. The van der Waals surface area contributed by atoms with E-state index in [1.807, 2.05) is 28.3 Å². The fraction of sp³-hybridized carbons (Fsp3) is 0.308. The smallest absolute Gasteiger partial charge is 0.311 e. The summed E-state index contributed by atoms with van der Waals surface area (Å²) < 4.78 is 6.92. The Balaban J connectivity index is 1.92. The Labute approximate surface area is 123 Å². The summed E-state index contributed by atoms with van der Waals surface area (Å²) in [5.74, 6) is -0.216. The minimum atomic E-state index is -0.216. The van der Waals surface area contributed by atoms with Crippen LogP contribution in [0.4, 0.5) is 0 Å². The largest absolute Gasteiger partial charge is 0.466 e. The molecule has 0 N–H and O–H groups in total. The predicted molar refractivity (Wildman–Crippen MR) is 79.3 cm³/mol. The first-order chi connectivity index (χ1) is 9.67. The van der Waals surface area contributed by atoms with Crippen molar-refractivity contribution in [1.82, 2.24) is 14.4 Å². The van der Waals surface area contributed by atoms with Crippen molar-refractivity contribution in [2.24, 2.45) is 0 Å². The highest BCUT2D eigenvalue weighted by molar-refractivity contribution is 7.15. The number of esters is 1. The highest BCUT2D eigenvalue weighted by Crippen LogP contribution is 2.25. The van der Waals surface area contributed by atoms with E-state index in [-0.39, 0.29) is 12.4 Å². The summed E-state index contributed by atoms with van der Waals surface area (Å²) in [5, 5.41) is 4.95. The third-order valence-electron chi connectivity index (χ3n) is 2.80. The predicted octanol–water partition coefficient (Wildman–Crippen LogP) is 2.93. The van der Waals surface area contributed by atoms with Gasteiger partial charge in [-0.1, -0.05) is 0 Å². The number of ether oxygens (including phenoxy) is 1. The molecule has 3 aromatic rings.